The highest BCUT2D eigenvalue weighted by Crippen LogP contribution is 2.26. The fraction of sp³-hybridized carbons (Fsp3) is 0.278. The van der Waals surface area contributed by atoms with Crippen molar-refractivity contribution in [2.45, 2.75) is 26.2 Å². The van der Waals surface area contributed by atoms with Crippen LogP contribution in [0.4, 0.5) is 10.1 Å². The van der Waals surface area contributed by atoms with Gasteiger partial charge in [0, 0.05) is 24.2 Å². The zero-order valence-electron chi connectivity index (χ0n) is 12.1. The highest BCUT2D eigenvalue weighted by atomic mass is 19.1. The van der Waals surface area contributed by atoms with E-state index in [1.54, 1.807) is 6.07 Å². The third kappa shape index (κ3) is 2.82. The van der Waals surface area contributed by atoms with Gasteiger partial charge in [-0.3, -0.25) is 4.79 Å². The van der Waals surface area contributed by atoms with Crippen LogP contribution in [0, 0.1) is 12.7 Å². The highest BCUT2D eigenvalue weighted by Gasteiger charge is 2.18. The average molecular weight is 283 g/mol. The summed E-state index contributed by atoms with van der Waals surface area (Å²) < 4.78 is 13.4. The molecule has 0 unspecified atom stereocenters. The van der Waals surface area contributed by atoms with Crippen LogP contribution < -0.4 is 5.32 Å². The topological polar surface area (TPSA) is 29.1 Å². The second-order valence-corrected chi connectivity index (χ2v) is 5.53. The number of fused-ring (bicyclic) bond motifs is 1. The largest absolute Gasteiger partial charge is 0.385 e. The molecular weight excluding hydrogens is 265 g/mol. The molecule has 2 aromatic carbocycles. The Kier molecular flexibility index (Phi) is 3.74. The Morgan fingerprint density at radius 2 is 2.14 bits per heavy atom. The zero-order valence-corrected chi connectivity index (χ0v) is 12.1. The van der Waals surface area contributed by atoms with Crippen molar-refractivity contribution >= 4 is 11.5 Å². The summed E-state index contributed by atoms with van der Waals surface area (Å²) in [6.45, 7) is 2.86. The predicted octanol–water partition coefficient (Wildman–Crippen LogP) is 3.92. The molecule has 1 N–H and O–H groups in total. The molecule has 3 rings (SSSR count). The molecule has 108 valence electrons. The summed E-state index contributed by atoms with van der Waals surface area (Å²) in [6, 6.07) is 10.4. The summed E-state index contributed by atoms with van der Waals surface area (Å²) in [7, 11) is 0. The van der Waals surface area contributed by atoms with Gasteiger partial charge in [-0.15, -0.1) is 0 Å². The molecule has 0 saturated heterocycles. The van der Waals surface area contributed by atoms with E-state index in [0.29, 0.717) is 0 Å². The number of hydrogen-bond donors (Lipinski definition) is 1. The van der Waals surface area contributed by atoms with Gasteiger partial charge in [0.05, 0.1) is 0 Å². The van der Waals surface area contributed by atoms with Crippen LogP contribution >= 0.6 is 0 Å². The number of carbonyl (C=O) groups is 1. The average Bonchev–Trinajstić information content (AvgIpc) is 2.50. The van der Waals surface area contributed by atoms with Gasteiger partial charge in [0.1, 0.15) is 5.82 Å². The summed E-state index contributed by atoms with van der Waals surface area (Å²) in [5.41, 5.74) is 4.64. The van der Waals surface area contributed by atoms with Crippen LogP contribution in [0.15, 0.2) is 36.4 Å². The van der Waals surface area contributed by atoms with E-state index in [4.69, 9.17) is 0 Å². The number of aryl methyl sites for hydroxylation is 1. The van der Waals surface area contributed by atoms with Crippen LogP contribution in [0.25, 0.3) is 0 Å². The fourth-order valence-corrected chi connectivity index (χ4v) is 2.87. The lowest BCUT2D eigenvalue weighted by molar-refractivity contribution is 0.0992. The van der Waals surface area contributed by atoms with Crippen molar-refractivity contribution in [3.05, 3.63) is 64.5 Å². The maximum atomic E-state index is 13.4. The standard InChI is InChI=1S/C18H18FNO/c1-12-7-8-14(19)10-13(12)11-18(21)16-4-2-6-17-15(16)5-3-9-20-17/h2,4,6-8,10,20H,3,5,9,11H2,1H3. The van der Waals surface area contributed by atoms with E-state index in [2.05, 4.69) is 5.32 Å². The number of nitrogens with one attached hydrogen (secondary N) is 1. The minimum Gasteiger partial charge on any atom is -0.385 e. The second-order valence-electron chi connectivity index (χ2n) is 5.53. The molecule has 21 heavy (non-hydrogen) atoms. The van der Waals surface area contributed by atoms with Crippen LogP contribution in [0.1, 0.15) is 33.5 Å². The van der Waals surface area contributed by atoms with E-state index < -0.39 is 0 Å². The van der Waals surface area contributed by atoms with Crippen LogP contribution in [-0.2, 0) is 12.8 Å². The maximum Gasteiger partial charge on any atom is 0.167 e. The van der Waals surface area contributed by atoms with Crippen LogP contribution in [0.3, 0.4) is 0 Å². The Balaban J connectivity index is 1.91. The Hall–Kier alpha value is -2.16. The van der Waals surface area contributed by atoms with Gasteiger partial charge in [0.2, 0.25) is 0 Å². The second kappa shape index (κ2) is 5.68. The molecule has 0 fully saturated rings. The predicted molar refractivity (Wildman–Crippen MR) is 82.4 cm³/mol. The summed E-state index contributed by atoms with van der Waals surface area (Å²) in [5.74, 6) is -0.232. The van der Waals surface area contributed by atoms with Crippen molar-refractivity contribution in [3.63, 3.8) is 0 Å². The van der Waals surface area contributed by atoms with Crippen LogP contribution in [0.5, 0.6) is 0 Å². The Morgan fingerprint density at radius 1 is 1.29 bits per heavy atom. The Bertz CT molecular complexity index is 694. The number of Topliss-reactive ketones (excluding diaryl/α,β-unsaturated/α-hetero) is 1. The third-order valence-electron chi connectivity index (χ3n) is 4.06. The molecule has 0 radical (unpaired) electrons. The Labute approximate surface area is 124 Å². The van der Waals surface area contributed by atoms with Crippen molar-refractivity contribution in [1.82, 2.24) is 0 Å². The minimum atomic E-state index is -0.292. The molecule has 0 amide bonds. The van der Waals surface area contributed by atoms with Crippen molar-refractivity contribution < 1.29 is 9.18 Å². The first-order valence-electron chi connectivity index (χ1n) is 7.29. The molecular formula is C18H18FNO. The van der Waals surface area contributed by atoms with Gasteiger partial charge in [-0.25, -0.2) is 4.39 Å². The van der Waals surface area contributed by atoms with E-state index in [9.17, 15) is 9.18 Å². The number of halogens is 1. The summed E-state index contributed by atoms with van der Waals surface area (Å²) in [6.07, 6.45) is 2.21. The van der Waals surface area contributed by atoms with E-state index in [1.807, 2.05) is 25.1 Å². The molecule has 3 heteroatoms. The lowest BCUT2D eigenvalue weighted by Crippen LogP contribution is -2.16. The van der Waals surface area contributed by atoms with E-state index >= 15 is 0 Å². The monoisotopic (exact) mass is 283 g/mol. The first kappa shape index (κ1) is 13.8. The Morgan fingerprint density at radius 3 is 3.00 bits per heavy atom. The molecule has 0 atom stereocenters. The lowest BCUT2D eigenvalue weighted by atomic mass is 9.92. The molecule has 1 aliphatic rings. The summed E-state index contributed by atoms with van der Waals surface area (Å²) >= 11 is 0. The molecule has 1 aliphatic heterocycles. The summed E-state index contributed by atoms with van der Waals surface area (Å²) in [5, 5.41) is 3.33. The molecule has 0 aromatic heterocycles. The van der Waals surface area contributed by atoms with E-state index in [-0.39, 0.29) is 18.0 Å². The van der Waals surface area contributed by atoms with Crippen LogP contribution in [0.2, 0.25) is 0 Å². The first-order chi connectivity index (χ1) is 10.1. The number of anilines is 1. The van der Waals surface area contributed by atoms with Gasteiger partial charge >= 0.3 is 0 Å². The molecule has 0 saturated carbocycles. The van der Waals surface area contributed by atoms with Crippen molar-refractivity contribution in [1.29, 1.82) is 0 Å². The number of benzene rings is 2. The molecule has 2 nitrogen and oxygen atoms in total. The van der Waals surface area contributed by atoms with Gasteiger partial charge in [0.25, 0.3) is 0 Å². The highest BCUT2D eigenvalue weighted by molar-refractivity contribution is 6.00. The third-order valence-corrected chi connectivity index (χ3v) is 4.06. The molecule has 0 bridgehead atoms. The molecule has 0 aliphatic carbocycles. The molecule has 1 heterocycles. The minimum absolute atomic E-state index is 0.0595. The van der Waals surface area contributed by atoms with Crippen molar-refractivity contribution in [2.75, 3.05) is 11.9 Å². The van der Waals surface area contributed by atoms with Gasteiger partial charge in [0.15, 0.2) is 5.78 Å². The fourth-order valence-electron chi connectivity index (χ4n) is 2.87. The van der Waals surface area contributed by atoms with Gasteiger partial charge < -0.3 is 5.32 Å². The quantitative estimate of drug-likeness (QED) is 0.865. The lowest BCUT2D eigenvalue weighted by Gasteiger charge is -2.20. The van der Waals surface area contributed by atoms with Gasteiger partial charge in [-0.1, -0.05) is 18.2 Å². The smallest absolute Gasteiger partial charge is 0.167 e. The van der Waals surface area contributed by atoms with Crippen LogP contribution in [-0.4, -0.2) is 12.3 Å². The SMILES string of the molecule is Cc1ccc(F)cc1CC(=O)c1cccc2c1CCCN2. The number of ketones is 1. The normalized spacial score (nSPS) is 13.4. The van der Waals surface area contributed by atoms with Gasteiger partial charge in [-0.05, 0) is 54.7 Å². The van der Waals surface area contributed by atoms with Crippen molar-refractivity contribution in [2.24, 2.45) is 0 Å². The first-order valence-corrected chi connectivity index (χ1v) is 7.29. The molecule has 0 spiro atoms. The maximum absolute atomic E-state index is 13.4. The number of hydrogen-bond acceptors (Lipinski definition) is 2. The zero-order chi connectivity index (χ0) is 14.8. The molecule has 2 aromatic rings. The number of rotatable bonds is 3. The van der Waals surface area contributed by atoms with E-state index in [1.165, 1.54) is 12.1 Å². The van der Waals surface area contributed by atoms with Crippen molar-refractivity contribution in [3.8, 4) is 0 Å². The van der Waals surface area contributed by atoms with E-state index in [0.717, 1.165) is 47.3 Å². The summed E-state index contributed by atoms with van der Waals surface area (Å²) in [4.78, 5) is 12.6. The number of carbonyl (C=O) groups excluding carboxylic acids is 1. The van der Waals surface area contributed by atoms with Gasteiger partial charge in [-0.2, -0.15) is 0 Å².